The number of amides is 2. The van der Waals surface area contributed by atoms with Gasteiger partial charge in [0.1, 0.15) is 5.75 Å². The molecule has 2 aromatic carbocycles. The third kappa shape index (κ3) is 5.43. The van der Waals surface area contributed by atoms with Crippen LogP contribution in [0.25, 0.3) is 0 Å². The molecule has 0 bridgehead atoms. The molecule has 1 aromatic heterocycles. The zero-order chi connectivity index (χ0) is 23.2. The van der Waals surface area contributed by atoms with Gasteiger partial charge >= 0.3 is 0 Å². The summed E-state index contributed by atoms with van der Waals surface area (Å²) in [7, 11) is 3.80. The highest BCUT2D eigenvalue weighted by atomic mass is 16.5. The number of furan rings is 1. The van der Waals surface area contributed by atoms with Crippen molar-refractivity contribution in [3.8, 4) is 5.75 Å². The van der Waals surface area contributed by atoms with E-state index in [4.69, 9.17) is 9.15 Å². The lowest BCUT2D eigenvalue weighted by molar-refractivity contribution is 0.0890. The van der Waals surface area contributed by atoms with Crippen molar-refractivity contribution in [1.82, 2.24) is 10.2 Å². The number of likely N-dealkylation sites (tertiary alicyclic amines) is 1. The summed E-state index contributed by atoms with van der Waals surface area (Å²) in [5, 5.41) is 5.86. The summed E-state index contributed by atoms with van der Waals surface area (Å²) >= 11 is 0. The highest BCUT2D eigenvalue weighted by molar-refractivity contribution is 6.03. The van der Waals surface area contributed by atoms with Crippen molar-refractivity contribution in [1.29, 1.82) is 0 Å². The van der Waals surface area contributed by atoms with E-state index in [1.807, 2.05) is 12.1 Å². The third-order valence-electron chi connectivity index (χ3n) is 6.12. The lowest BCUT2D eigenvalue weighted by Crippen LogP contribution is -2.41. The predicted molar refractivity (Wildman–Crippen MR) is 127 cm³/mol. The van der Waals surface area contributed by atoms with Gasteiger partial charge in [0.2, 0.25) is 0 Å². The first-order valence-corrected chi connectivity index (χ1v) is 11.1. The fraction of sp³-hybridized carbons (Fsp3) is 0.308. The van der Waals surface area contributed by atoms with Gasteiger partial charge in [-0.05, 0) is 80.4 Å². The molecule has 2 heterocycles. The van der Waals surface area contributed by atoms with Gasteiger partial charge in [0.15, 0.2) is 5.76 Å². The molecule has 0 aliphatic carbocycles. The van der Waals surface area contributed by atoms with Crippen LogP contribution in [0.5, 0.6) is 5.75 Å². The number of ether oxygens (including phenoxy) is 1. The van der Waals surface area contributed by atoms with Gasteiger partial charge in [0.25, 0.3) is 11.8 Å². The van der Waals surface area contributed by atoms with Crippen molar-refractivity contribution in [3.05, 3.63) is 83.8 Å². The highest BCUT2D eigenvalue weighted by Gasteiger charge is 2.30. The van der Waals surface area contributed by atoms with Crippen LogP contribution in [0.3, 0.4) is 0 Å². The van der Waals surface area contributed by atoms with E-state index < -0.39 is 0 Å². The topological polar surface area (TPSA) is 83.8 Å². The molecule has 1 saturated heterocycles. The van der Waals surface area contributed by atoms with E-state index in [-0.39, 0.29) is 23.6 Å². The van der Waals surface area contributed by atoms with E-state index in [0.717, 1.165) is 25.1 Å². The molecule has 1 aliphatic rings. The average Bonchev–Trinajstić information content (AvgIpc) is 3.38. The third-order valence-corrected chi connectivity index (χ3v) is 6.12. The molecular weight excluding hydrogens is 418 g/mol. The number of hydrogen-bond donors (Lipinski definition) is 2. The first-order chi connectivity index (χ1) is 16.0. The Labute approximate surface area is 193 Å². The van der Waals surface area contributed by atoms with Crippen LogP contribution in [-0.4, -0.2) is 44.0 Å². The molecule has 0 saturated carbocycles. The Morgan fingerprint density at radius 3 is 2.64 bits per heavy atom. The number of nitrogens with zero attached hydrogens (tertiary/aromatic N) is 1. The lowest BCUT2D eigenvalue weighted by Gasteiger charge is -2.39. The standard InChI is InChI=1S/C26H29N3O4/c1-29-14-4-7-20(24(29)18-10-12-22(32-2)13-11-18)17-27-25(30)19-6-3-8-21(16-19)28-26(31)23-9-5-15-33-23/h3,5-6,8-13,15-16,20,24H,4,7,14,17H2,1-2H3,(H,27,30)(H,28,31). The molecule has 4 rings (SSSR count). The molecule has 7 heteroatoms. The quantitative estimate of drug-likeness (QED) is 0.563. The molecule has 1 aliphatic heterocycles. The second kappa shape index (κ2) is 10.4. The van der Waals surface area contributed by atoms with E-state index >= 15 is 0 Å². The summed E-state index contributed by atoms with van der Waals surface area (Å²) < 4.78 is 10.4. The maximum Gasteiger partial charge on any atom is 0.291 e. The molecule has 2 unspecified atom stereocenters. The van der Waals surface area contributed by atoms with Crippen LogP contribution in [-0.2, 0) is 0 Å². The minimum atomic E-state index is -0.356. The molecule has 0 spiro atoms. The summed E-state index contributed by atoms with van der Waals surface area (Å²) in [6.07, 6.45) is 3.58. The van der Waals surface area contributed by atoms with Crippen LogP contribution >= 0.6 is 0 Å². The van der Waals surface area contributed by atoms with Crippen molar-refractivity contribution in [3.63, 3.8) is 0 Å². The molecule has 0 radical (unpaired) electrons. The molecule has 33 heavy (non-hydrogen) atoms. The molecule has 7 nitrogen and oxygen atoms in total. The maximum atomic E-state index is 12.9. The van der Waals surface area contributed by atoms with Gasteiger partial charge in [-0.25, -0.2) is 0 Å². The normalized spacial score (nSPS) is 18.5. The van der Waals surface area contributed by atoms with Crippen LogP contribution in [0, 0.1) is 5.92 Å². The van der Waals surface area contributed by atoms with Gasteiger partial charge < -0.3 is 19.8 Å². The Kier molecular flexibility index (Phi) is 7.10. The maximum absolute atomic E-state index is 12.9. The van der Waals surface area contributed by atoms with Crippen molar-refractivity contribution in [2.75, 3.05) is 32.6 Å². The Morgan fingerprint density at radius 1 is 1.09 bits per heavy atom. The van der Waals surface area contributed by atoms with Gasteiger partial charge in [0, 0.05) is 23.8 Å². The lowest BCUT2D eigenvalue weighted by atomic mass is 9.85. The van der Waals surface area contributed by atoms with Crippen molar-refractivity contribution >= 4 is 17.5 Å². The van der Waals surface area contributed by atoms with Crippen LogP contribution in [0.15, 0.2) is 71.3 Å². The number of hydrogen-bond acceptors (Lipinski definition) is 5. The first kappa shape index (κ1) is 22.6. The predicted octanol–water partition coefficient (Wildman–Crippen LogP) is 4.35. The van der Waals surface area contributed by atoms with Crippen LogP contribution in [0.4, 0.5) is 5.69 Å². The Bertz CT molecular complexity index is 1080. The minimum Gasteiger partial charge on any atom is -0.497 e. The van der Waals surface area contributed by atoms with Crippen LogP contribution in [0.1, 0.15) is 45.4 Å². The molecule has 2 amide bonds. The van der Waals surface area contributed by atoms with Gasteiger partial charge in [-0.2, -0.15) is 0 Å². The molecule has 2 atom stereocenters. The summed E-state index contributed by atoms with van der Waals surface area (Å²) in [6.45, 7) is 1.60. The second-order valence-electron chi connectivity index (χ2n) is 8.32. The Hall–Kier alpha value is -3.58. The molecule has 1 fully saturated rings. The average molecular weight is 448 g/mol. The van der Waals surface area contributed by atoms with Crippen molar-refractivity contribution in [2.24, 2.45) is 5.92 Å². The smallest absolute Gasteiger partial charge is 0.291 e. The highest BCUT2D eigenvalue weighted by Crippen LogP contribution is 2.35. The zero-order valence-electron chi connectivity index (χ0n) is 18.9. The molecule has 3 aromatic rings. The zero-order valence-corrected chi connectivity index (χ0v) is 18.9. The Balaban J connectivity index is 1.41. The van der Waals surface area contributed by atoms with Crippen LogP contribution in [0.2, 0.25) is 0 Å². The van der Waals surface area contributed by atoms with E-state index in [2.05, 4.69) is 34.7 Å². The molecule has 172 valence electrons. The van der Waals surface area contributed by atoms with E-state index in [0.29, 0.717) is 23.7 Å². The molecule has 2 N–H and O–H groups in total. The van der Waals surface area contributed by atoms with Crippen molar-refractivity contribution < 1.29 is 18.7 Å². The second-order valence-corrected chi connectivity index (χ2v) is 8.32. The van der Waals surface area contributed by atoms with Crippen molar-refractivity contribution in [2.45, 2.75) is 18.9 Å². The summed E-state index contributed by atoms with van der Waals surface area (Å²) in [4.78, 5) is 27.5. The number of carbonyl (C=O) groups is 2. The fourth-order valence-electron chi connectivity index (χ4n) is 4.47. The summed E-state index contributed by atoms with van der Waals surface area (Å²) in [6, 6.07) is 18.5. The summed E-state index contributed by atoms with van der Waals surface area (Å²) in [5.41, 5.74) is 2.26. The fourth-order valence-corrected chi connectivity index (χ4v) is 4.47. The van der Waals surface area contributed by atoms with E-state index in [9.17, 15) is 9.59 Å². The number of piperidine rings is 1. The Morgan fingerprint density at radius 2 is 1.91 bits per heavy atom. The van der Waals surface area contributed by atoms with Crippen LogP contribution < -0.4 is 15.4 Å². The van der Waals surface area contributed by atoms with E-state index in [1.165, 1.54) is 11.8 Å². The summed E-state index contributed by atoms with van der Waals surface area (Å²) in [5.74, 6) is 0.829. The van der Waals surface area contributed by atoms with Gasteiger partial charge in [-0.3, -0.25) is 14.5 Å². The van der Waals surface area contributed by atoms with Gasteiger partial charge in [-0.15, -0.1) is 0 Å². The number of methoxy groups -OCH3 is 1. The molecular formula is C26H29N3O4. The number of nitrogens with one attached hydrogen (secondary N) is 2. The number of benzene rings is 2. The number of rotatable bonds is 7. The van der Waals surface area contributed by atoms with Gasteiger partial charge in [-0.1, -0.05) is 18.2 Å². The number of anilines is 1. The van der Waals surface area contributed by atoms with E-state index in [1.54, 1.807) is 43.5 Å². The SMILES string of the molecule is COc1ccc(C2C(CNC(=O)c3cccc(NC(=O)c4ccco4)c3)CCCN2C)cc1. The van der Waals surface area contributed by atoms with Gasteiger partial charge in [0.05, 0.1) is 13.4 Å². The number of carbonyl (C=O) groups excluding carboxylic acids is 2. The minimum absolute atomic E-state index is 0.161. The largest absolute Gasteiger partial charge is 0.497 e. The first-order valence-electron chi connectivity index (χ1n) is 11.1. The monoisotopic (exact) mass is 447 g/mol.